The monoisotopic (exact) mass is 611 g/mol. The molecule has 0 fully saturated rings. The maximum atomic E-state index is 12.9. The summed E-state index contributed by atoms with van der Waals surface area (Å²) in [5, 5.41) is 2.69. The van der Waals surface area contributed by atoms with Crippen LogP contribution in [0.1, 0.15) is 135 Å². The standard InChI is InChI=1S/C34H62NO6P/c1-3-5-6-7-8-9-10-11-12-13-14-15-16-17-18-22-28-38-29-24-30-41-42(37,40-4-2)31-23-27-35-34(36)39-32-33-25-20-19-21-26-33/h19-21,25-26H,3-18,22-24,27-32H2,1-2H3,(H,35,36). The molecule has 0 aromatic heterocycles. The van der Waals surface area contributed by atoms with E-state index < -0.39 is 13.7 Å². The molecule has 1 aromatic rings. The second kappa shape index (κ2) is 28.4. The van der Waals surface area contributed by atoms with Gasteiger partial charge in [-0.15, -0.1) is 0 Å². The Balaban J connectivity index is 1.90. The highest BCUT2D eigenvalue weighted by atomic mass is 31.2. The van der Waals surface area contributed by atoms with Crippen molar-refractivity contribution in [1.29, 1.82) is 0 Å². The van der Waals surface area contributed by atoms with Crippen molar-refractivity contribution in [1.82, 2.24) is 5.32 Å². The maximum absolute atomic E-state index is 12.9. The van der Waals surface area contributed by atoms with Crippen LogP contribution in [0.15, 0.2) is 30.3 Å². The zero-order valence-electron chi connectivity index (χ0n) is 27.0. The fourth-order valence-electron chi connectivity index (χ4n) is 4.82. The van der Waals surface area contributed by atoms with Gasteiger partial charge in [0.25, 0.3) is 0 Å². The summed E-state index contributed by atoms with van der Waals surface area (Å²) in [6.45, 7) is 6.67. The van der Waals surface area contributed by atoms with Crippen LogP contribution < -0.4 is 5.32 Å². The van der Waals surface area contributed by atoms with E-state index in [1.165, 1.54) is 96.3 Å². The second-order valence-electron chi connectivity index (χ2n) is 11.2. The van der Waals surface area contributed by atoms with Crippen LogP contribution in [0.25, 0.3) is 0 Å². The zero-order chi connectivity index (χ0) is 30.4. The lowest BCUT2D eigenvalue weighted by molar-refractivity contribution is 0.111. The normalized spacial score (nSPS) is 12.7. The quantitative estimate of drug-likeness (QED) is 0.0688. The van der Waals surface area contributed by atoms with E-state index in [1.807, 2.05) is 30.3 Å². The average Bonchev–Trinajstić information content (AvgIpc) is 3.00. The molecule has 8 heteroatoms. The molecule has 244 valence electrons. The van der Waals surface area contributed by atoms with Gasteiger partial charge in [0.1, 0.15) is 6.61 Å². The highest BCUT2D eigenvalue weighted by Gasteiger charge is 2.23. The molecule has 0 bridgehead atoms. The molecule has 0 aliphatic carbocycles. The van der Waals surface area contributed by atoms with Gasteiger partial charge in [0.2, 0.25) is 0 Å². The minimum atomic E-state index is -3.19. The van der Waals surface area contributed by atoms with Gasteiger partial charge < -0.3 is 23.8 Å². The largest absolute Gasteiger partial charge is 0.445 e. The van der Waals surface area contributed by atoms with Gasteiger partial charge in [-0.1, -0.05) is 134 Å². The Morgan fingerprint density at radius 1 is 0.667 bits per heavy atom. The molecule has 0 saturated heterocycles. The van der Waals surface area contributed by atoms with Crippen molar-refractivity contribution in [2.24, 2.45) is 0 Å². The zero-order valence-corrected chi connectivity index (χ0v) is 27.9. The van der Waals surface area contributed by atoms with Crippen LogP contribution >= 0.6 is 7.60 Å². The van der Waals surface area contributed by atoms with E-state index in [0.717, 1.165) is 18.6 Å². The fraction of sp³-hybridized carbons (Fsp3) is 0.794. The van der Waals surface area contributed by atoms with Crippen LogP contribution in [-0.2, 0) is 29.7 Å². The Morgan fingerprint density at radius 2 is 1.21 bits per heavy atom. The summed E-state index contributed by atoms with van der Waals surface area (Å²) in [6, 6.07) is 9.51. The third-order valence-corrected chi connectivity index (χ3v) is 9.37. The minimum absolute atomic E-state index is 0.217. The number of ether oxygens (including phenoxy) is 2. The van der Waals surface area contributed by atoms with E-state index >= 15 is 0 Å². The Bertz CT molecular complexity index is 779. The predicted octanol–water partition coefficient (Wildman–Crippen LogP) is 10.2. The van der Waals surface area contributed by atoms with Crippen molar-refractivity contribution in [3.8, 4) is 0 Å². The topological polar surface area (TPSA) is 83.1 Å². The van der Waals surface area contributed by atoms with Crippen molar-refractivity contribution >= 4 is 13.7 Å². The summed E-state index contributed by atoms with van der Waals surface area (Å²) >= 11 is 0. The van der Waals surface area contributed by atoms with Gasteiger partial charge in [0.15, 0.2) is 0 Å². The third kappa shape index (κ3) is 24.1. The van der Waals surface area contributed by atoms with E-state index in [-0.39, 0.29) is 12.8 Å². The number of rotatable bonds is 30. The SMILES string of the molecule is CCCCCCCCCCCCCCCCCCOCCCOP(=O)(CCCNC(=O)OCc1ccccc1)OCC. The van der Waals surface area contributed by atoms with Crippen LogP contribution in [0.3, 0.4) is 0 Å². The Morgan fingerprint density at radius 3 is 1.79 bits per heavy atom. The van der Waals surface area contributed by atoms with Crippen LogP contribution in [0.4, 0.5) is 4.79 Å². The lowest BCUT2D eigenvalue weighted by Gasteiger charge is -2.18. The van der Waals surface area contributed by atoms with Crippen molar-refractivity contribution < 1.29 is 27.9 Å². The van der Waals surface area contributed by atoms with Crippen LogP contribution in [0.2, 0.25) is 0 Å². The first-order chi connectivity index (χ1) is 20.6. The van der Waals surface area contributed by atoms with Crippen molar-refractivity contribution in [2.75, 3.05) is 39.1 Å². The summed E-state index contributed by atoms with van der Waals surface area (Å²) in [5.41, 5.74) is 0.927. The van der Waals surface area contributed by atoms with Crippen molar-refractivity contribution in [3.05, 3.63) is 35.9 Å². The van der Waals surface area contributed by atoms with Gasteiger partial charge in [-0.25, -0.2) is 4.79 Å². The number of hydrogen-bond acceptors (Lipinski definition) is 6. The molecule has 1 amide bonds. The highest BCUT2D eigenvalue weighted by Crippen LogP contribution is 2.48. The summed E-state index contributed by atoms with van der Waals surface area (Å²) in [6.07, 6.45) is 22.7. The summed E-state index contributed by atoms with van der Waals surface area (Å²) in [4.78, 5) is 11.9. The van der Waals surface area contributed by atoms with Gasteiger partial charge in [0, 0.05) is 19.8 Å². The number of unbranched alkanes of at least 4 members (excludes halogenated alkanes) is 15. The number of nitrogens with one attached hydrogen (secondary N) is 1. The van der Waals surface area contributed by atoms with Gasteiger partial charge >= 0.3 is 13.7 Å². The van der Waals surface area contributed by atoms with E-state index in [1.54, 1.807) is 6.92 Å². The fourth-order valence-corrected chi connectivity index (χ4v) is 6.50. The van der Waals surface area contributed by atoms with Gasteiger partial charge in [0.05, 0.1) is 19.4 Å². The highest BCUT2D eigenvalue weighted by molar-refractivity contribution is 7.53. The molecule has 0 spiro atoms. The molecule has 0 aliphatic rings. The van der Waals surface area contributed by atoms with E-state index in [2.05, 4.69) is 12.2 Å². The predicted molar refractivity (Wildman–Crippen MR) is 174 cm³/mol. The summed E-state index contributed by atoms with van der Waals surface area (Å²) < 4.78 is 34.9. The molecule has 1 N–H and O–H groups in total. The lowest BCUT2D eigenvalue weighted by atomic mass is 10.0. The number of benzene rings is 1. The smallest absolute Gasteiger partial charge is 0.407 e. The van der Waals surface area contributed by atoms with Crippen LogP contribution in [0, 0.1) is 0 Å². The number of carbonyl (C=O) groups excluding carboxylic acids is 1. The molecular formula is C34H62NO6P. The molecule has 0 heterocycles. The second-order valence-corrected chi connectivity index (χ2v) is 13.4. The molecule has 42 heavy (non-hydrogen) atoms. The Hall–Kier alpha value is -1.40. The van der Waals surface area contributed by atoms with Gasteiger partial charge in [-0.3, -0.25) is 4.57 Å². The average molecular weight is 612 g/mol. The molecule has 0 saturated carbocycles. The molecule has 1 rings (SSSR count). The molecule has 1 atom stereocenters. The number of carbonyl (C=O) groups is 1. The van der Waals surface area contributed by atoms with Crippen LogP contribution in [-0.4, -0.2) is 45.2 Å². The summed E-state index contributed by atoms with van der Waals surface area (Å²) in [5.74, 6) is 0. The van der Waals surface area contributed by atoms with Gasteiger partial charge in [-0.05, 0) is 31.7 Å². The maximum Gasteiger partial charge on any atom is 0.407 e. The molecule has 0 aliphatic heterocycles. The molecule has 1 unspecified atom stereocenters. The number of hydrogen-bond donors (Lipinski definition) is 1. The lowest BCUT2D eigenvalue weighted by Crippen LogP contribution is -2.25. The Kier molecular flexibility index (Phi) is 26.1. The molecule has 7 nitrogen and oxygen atoms in total. The van der Waals surface area contributed by atoms with Crippen LogP contribution in [0.5, 0.6) is 0 Å². The molecule has 0 radical (unpaired) electrons. The van der Waals surface area contributed by atoms with Crippen molar-refractivity contribution in [2.45, 2.75) is 136 Å². The Labute approximate surface area is 257 Å². The first-order valence-electron chi connectivity index (χ1n) is 17.0. The number of amides is 1. The molecular weight excluding hydrogens is 549 g/mol. The molecule has 1 aromatic carbocycles. The van der Waals surface area contributed by atoms with E-state index in [4.69, 9.17) is 18.5 Å². The number of alkyl carbamates (subject to hydrolysis) is 1. The third-order valence-electron chi connectivity index (χ3n) is 7.28. The van der Waals surface area contributed by atoms with Gasteiger partial charge in [-0.2, -0.15) is 0 Å². The first-order valence-corrected chi connectivity index (χ1v) is 18.7. The summed E-state index contributed by atoms with van der Waals surface area (Å²) in [7, 11) is -3.19. The van der Waals surface area contributed by atoms with E-state index in [9.17, 15) is 9.36 Å². The van der Waals surface area contributed by atoms with Crippen molar-refractivity contribution in [3.63, 3.8) is 0 Å². The first kappa shape index (κ1) is 38.6. The minimum Gasteiger partial charge on any atom is -0.445 e. The van der Waals surface area contributed by atoms with E-state index in [0.29, 0.717) is 39.2 Å².